The third-order valence-corrected chi connectivity index (χ3v) is 2.71. The highest BCUT2D eigenvalue weighted by molar-refractivity contribution is 6.01. The van der Waals surface area contributed by atoms with Gasteiger partial charge in [0, 0.05) is 11.8 Å². The van der Waals surface area contributed by atoms with E-state index in [2.05, 4.69) is 5.32 Å². The maximum absolute atomic E-state index is 12.4. The van der Waals surface area contributed by atoms with E-state index in [0.717, 1.165) is 17.7 Å². The largest absolute Gasteiger partial charge is 0.416 e. The molecule has 2 nitrogen and oxygen atoms in total. The summed E-state index contributed by atoms with van der Waals surface area (Å²) >= 11 is 0. The first kappa shape index (κ1) is 14.8. The summed E-state index contributed by atoms with van der Waals surface area (Å²) in [7, 11) is 0. The van der Waals surface area contributed by atoms with Crippen molar-refractivity contribution in [1.82, 2.24) is 0 Å². The van der Waals surface area contributed by atoms with E-state index >= 15 is 0 Å². The van der Waals surface area contributed by atoms with Gasteiger partial charge in [0.2, 0.25) is 5.91 Å². The first-order valence-corrected chi connectivity index (χ1v) is 6.16. The number of alkyl halides is 3. The van der Waals surface area contributed by atoms with Crippen LogP contribution in [0.25, 0.3) is 6.08 Å². The Morgan fingerprint density at radius 1 is 0.952 bits per heavy atom. The average molecular weight is 291 g/mol. The van der Waals surface area contributed by atoms with E-state index in [-0.39, 0.29) is 0 Å². The van der Waals surface area contributed by atoms with Crippen molar-refractivity contribution in [2.45, 2.75) is 6.18 Å². The number of halogens is 3. The van der Waals surface area contributed by atoms with Gasteiger partial charge in [0.15, 0.2) is 0 Å². The van der Waals surface area contributed by atoms with Gasteiger partial charge in [0.1, 0.15) is 0 Å². The second-order valence-electron chi connectivity index (χ2n) is 4.31. The van der Waals surface area contributed by atoms with Gasteiger partial charge in [-0.3, -0.25) is 4.79 Å². The van der Waals surface area contributed by atoms with Gasteiger partial charge in [0.25, 0.3) is 0 Å². The van der Waals surface area contributed by atoms with Gasteiger partial charge >= 0.3 is 6.18 Å². The van der Waals surface area contributed by atoms with Crippen molar-refractivity contribution >= 4 is 17.7 Å². The van der Waals surface area contributed by atoms with Crippen molar-refractivity contribution in [3.8, 4) is 0 Å². The van der Waals surface area contributed by atoms with Gasteiger partial charge in [-0.05, 0) is 35.9 Å². The lowest BCUT2D eigenvalue weighted by Crippen LogP contribution is -2.09. The Bertz CT molecular complexity index is 631. The van der Waals surface area contributed by atoms with Gasteiger partial charge in [0.05, 0.1) is 5.56 Å². The van der Waals surface area contributed by atoms with Crippen molar-refractivity contribution in [1.29, 1.82) is 0 Å². The zero-order chi connectivity index (χ0) is 15.3. The highest BCUT2D eigenvalue weighted by Crippen LogP contribution is 2.29. The number of rotatable bonds is 3. The minimum Gasteiger partial charge on any atom is -0.323 e. The molecule has 0 aliphatic heterocycles. The van der Waals surface area contributed by atoms with Gasteiger partial charge in [-0.2, -0.15) is 13.2 Å². The number of nitrogens with one attached hydrogen (secondary N) is 1. The van der Waals surface area contributed by atoms with Gasteiger partial charge in [-0.25, -0.2) is 0 Å². The molecule has 0 aliphatic carbocycles. The molecule has 0 aliphatic rings. The van der Waals surface area contributed by atoms with E-state index in [4.69, 9.17) is 0 Å². The number of hydrogen-bond donors (Lipinski definition) is 1. The smallest absolute Gasteiger partial charge is 0.323 e. The van der Waals surface area contributed by atoms with Gasteiger partial charge < -0.3 is 5.32 Å². The molecule has 0 atom stereocenters. The minimum absolute atomic E-state index is 0.311. The fourth-order valence-corrected chi connectivity index (χ4v) is 1.66. The number of carbonyl (C=O) groups is 1. The molecular formula is C16H12F3NO. The molecular weight excluding hydrogens is 279 g/mol. The van der Waals surface area contributed by atoms with Crippen molar-refractivity contribution in [3.05, 3.63) is 71.8 Å². The Morgan fingerprint density at radius 3 is 2.14 bits per heavy atom. The van der Waals surface area contributed by atoms with Crippen molar-refractivity contribution in [3.63, 3.8) is 0 Å². The zero-order valence-corrected chi connectivity index (χ0v) is 10.9. The molecule has 2 aromatic rings. The fraction of sp³-hybridized carbons (Fsp3) is 0.0625. The van der Waals surface area contributed by atoms with Gasteiger partial charge in [-0.1, -0.05) is 30.3 Å². The van der Waals surface area contributed by atoms with Crippen LogP contribution in [-0.4, -0.2) is 5.91 Å². The van der Waals surface area contributed by atoms with Crippen molar-refractivity contribution < 1.29 is 18.0 Å². The molecule has 0 heterocycles. The Morgan fingerprint density at radius 2 is 1.57 bits per heavy atom. The molecule has 0 unspecified atom stereocenters. The molecule has 2 aromatic carbocycles. The number of benzene rings is 2. The van der Waals surface area contributed by atoms with E-state index in [1.54, 1.807) is 6.08 Å². The SMILES string of the molecule is O=C(C=Cc1ccccc1)Nc1ccc(C(F)(F)F)cc1. The number of carbonyl (C=O) groups excluding carboxylic acids is 1. The first-order chi connectivity index (χ1) is 9.95. The molecule has 0 fully saturated rings. The summed E-state index contributed by atoms with van der Waals surface area (Å²) in [6.45, 7) is 0. The molecule has 2 rings (SSSR count). The molecule has 108 valence electrons. The summed E-state index contributed by atoms with van der Waals surface area (Å²) in [6.07, 6.45) is -1.43. The molecule has 0 saturated carbocycles. The topological polar surface area (TPSA) is 29.1 Å². The molecule has 0 saturated heterocycles. The molecule has 0 radical (unpaired) electrons. The molecule has 21 heavy (non-hydrogen) atoms. The summed E-state index contributed by atoms with van der Waals surface area (Å²) in [5.74, 6) is -0.404. The Kier molecular flexibility index (Phi) is 4.42. The predicted octanol–water partition coefficient (Wildman–Crippen LogP) is 4.36. The predicted molar refractivity (Wildman–Crippen MR) is 75.5 cm³/mol. The van der Waals surface area contributed by atoms with Crippen LogP contribution in [0.4, 0.5) is 18.9 Å². The van der Waals surface area contributed by atoms with Crippen LogP contribution < -0.4 is 5.32 Å². The van der Waals surface area contributed by atoms with Crippen LogP contribution in [0.2, 0.25) is 0 Å². The highest BCUT2D eigenvalue weighted by atomic mass is 19.4. The van der Waals surface area contributed by atoms with Crippen LogP contribution in [0, 0.1) is 0 Å². The van der Waals surface area contributed by atoms with Crippen LogP contribution in [0.5, 0.6) is 0 Å². The lowest BCUT2D eigenvalue weighted by atomic mass is 10.2. The monoisotopic (exact) mass is 291 g/mol. The third-order valence-electron chi connectivity index (χ3n) is 2.71. The van der Waals surface area contributed by atoms with Crippen LogP contribution in [0.1, 0.15) is 11.1 Å². The second kappa shape index (κ2) is 6.26. The molecule has 0 aromatic heterocycles. The summed E-state index contributed by atoms with van der Waals surface area (Å²) < 4.78 is 37.2. The van der Waals surface area contributed by atoms with Crippen molar-refractivity contribution in [2.24, 2.45) is 0 Å². The zero-order valence-electron chi connectivity index (χ0n) is 10.9. The molecule has 1 amide bonds. The van der Waals surface area contributed by atoms with Crippen LogP contribution in [0.3, 0.4) is 0 Å². The quantitative estimate of drug-likeness (QED) is 0.836. The van der Waals surface area contributed by atoms with E-state index in [9.17, 15) is 18.0 Å². The van der Waals surface area contributed by atoms with Crippen LogP contribution >= 0.6 is 0 Å². The van der Waals surface area contributed by atoms with E-state index < -0.39 is 17.6 Å². The maximum atomic E-state index is 12.4. The number of amides is 1. The number of hydrogen-bond acceptors (Lipinski definition) is 1. The Balaban J connectivity index is 1.98. The normalized spacial score (nSPS) is 11.6. The average Bonchev–Trinajstić information content (AvgIpc) is 2.46. The fourth-order valence-electron chi connectivity index (χ4n) is 1.66. The lowest BCUT2D eigenvalue weighted by Gasteiger charge is -2.07. The standard InChI is InChI=1S/C16H12F3NO/c17-16(18,19)13-7-9-14(10-8-13)20-15(21)11-6-12-4-2-1-3-5-12/h1-11H,(H,20,21). The molecule has 0 spiro atoms. The summed E-state index contributed by atoms with van der Waals surface area (Å²) in [5.41, 5.74) is 0.422. The number of anilines is 1. The maximum Gasteiger partial charge on any atom is 0.416 e. The van der Waals surface area contributed by atoms with Crippen LogP contribution in [-0.2, 0) is 11.0 Å². The van der Waals surface area contributed by atoms with Crippen LogP contribution in [0.15, 0.2) is 60.7 Å². The summed E-state index contributed by atoms with van der Waals surface area (Å²) in [4.78, 5) is 11.6. The minimum atomic E-state index is -4.38. The Labute approximate surface area is 119 Å². The lowest BCUT2D eigenvalue weighted by molar-refractivity contribution is -0.137. The second-order valence-corrected chi connectivity index (χ2v) is 4.31. The molecule has 1 N–H and O–H groups in total. The molecule has 5 heteroatoms. The third kappa shape index (κ3) is 4.49. The van der Waals surface area contributed by atoms with E-state index in [0.29, 0.717) is 5.69 Å². The molecule has 0 bridgehead atoms. The Hall–Kier alpha value is -2.56. The van der Waals surface area contributed by atoms with Crippen molar-refractivity contribution in [2.75, 3.05) is 5.32 Å². The van der Waals surface area contributed by atoms with E-state index in [1.165, 1.54) is 18.2 Å². The first-order valence-electron chi connectivity index (χ1n) is 6.16. The highest BCUT2D eigenvalue weighted by Gasteiger charge is 2.29. The van der Waals surface area contributed by atoms with E-state index in [1.807, 2.05) is 30.3 Å². The summed E-state index contributed by atoms with van der Waals surface area (Å²) in [5, 5.41) is 2.50. The van der Waals surface area contributed by atoms with Gasteiger partial charge in [-0.15, -0.1) is 0 Å². The summed E-state index contributed by atoms with van der Waals surface area (Å²) in [6, 6.07) is 13.5.